The van der Waals surface area contributed by atoms with Crippen LogP contribution in [-0.2, 0) is 9.53 Å². The number of carbonyl (C=O) groups is 3. The predicted molar refractivity (Wildman–Crippen MR) is 104 cm³/mol. The molecule has 3 amide bonds. The van der Waals surface area contributed by atoms with Crippen LogP contribution in [0.15, 0.2) is 48.5 Å². The van der Waals surface area contributed by atoms with Gasteiger partial charge in [-0.25, -0.2) is 4.79 Å². The lowest BCUT2D eigenvalue weighted by Gasteiger charge is -2.13. The number of para-hydroxylation sites is 2. The van der Waals surface area contributed by atoms with Gasteiger partial charge in [-0.1, -0.05) is 35.9 Å². The number of anilines is 2. The first-order valence-corrected chi connectivity index (χ1v) is 8.74. The highest BCUT2D eigenvalue weighted by Gasteiger charge is 2.13. The molecule has 2 rings (SSSR count). The molecule has 0 aliphatic rings. The van der Waals surface area contributed by atoms with Crippen LogP contribution in [0, 0.1) is 0 Å². The standard InChI is InChI=1S/C19H20ClN3O4/c1-2-27-17(24)11-12-21-19(26)23-16-10-6-5-9-15(16)22-18(25)13-7-3-4-8-14(13)20/h3-10H,2,11-12H2,1H3,(H,22,25)(H2,21,23,26). The first kappa shape index (κ1) is 20.3. The molecule has 8 heteroatoms. The average Bonchev–Trinajstić information content (AvgIpc) is 2.64. The molecule has 0 atom stereocenters. The first-order chi connectivity index (χ1) is 13.0. The molecule has 0 fully saturated rings. The van der Waals surface area contributed by atoms with Crippen molar-refractivity contribution < 1.29 is 19.1 Å². The quantitative estimate of drug-likeness (QED) is 0.629. The van der Waals surface area contributed by atoms with Gasteiger partial charge < -0.3 is 20.7 Å². The van der Waals surface area contributed by atoms with Crippen LogP contribution in [-0.4, -0.2) is 31.1 Å². The zero-order valence-corrected chi connectivity index (χ0v) is 15.5. The Labute approximate surface area is 162 Å². The summed E-state index contributed by atoms with van der Waals surface area (Å²) in [6.45, 7) is 2.15. The van der Waals surface area contributed by atoms with Gasteiger partial charge in [0.15, 0.2) is 0 Å². The summed E-state index contributed by atoms with van der Waals surface area (Å²) in [5.74, 6) is -0.775. The summed E-state index contributed by atoms with van der Waals surface area (Å²) in [4.78, 5) is 35.7. The Kier molecular flexibility index (Phi) is 7.63. The molecule has 0 unspecified atom stereocenters. The Bertz CT molecular complexity index is 826. The molecule has 27 heavy (non-hydrogen) atoms. The van der Waals surface area contributed by atoms with Crippen LogP contribution in [0.25, 0.3) is 0 Å². The third-order valence-corrected chi connectivity index (χ3v) is 3.79. The van der Waals surface area contributed by atoms with Gasteiger partial charge in [-0.15, -0.1) is 0 Å². The average molecular weight is 390 g/mol. The number of halogens is 1. The van der Waals surface area contributed by atoms with Crippen molar-refractivity contribution in [3.63, 3.8) is 0 Å². The van der Waals surface area contributed by atoms with Gasteiger partial charge in [-0.05, 0) is 31.2 Å². The predicted octanol–water partition coefficient (Wildman–Crippen LogP) is 3.67. The van der Waals surface area contributed by atoms with Crippen molar-refractivity contribution in [3.8, 4) is 0 Å². The van der Waals surface area contributed by atoms with Crippen LogP contribution in [0.1, 0.15) is 23.7 Å². The number of benzene rings is 2. The van der Waals surface area contributed by atoms with Crippen molar-refractivity contribution in [3.05, 3.63) is 59.1 Å². The molecule has 0 aliphatic heterocycles. The number of esters is 1. The van der Waals surface area contributed by atoms with Crippen LogP contribution in [0.2, 0.25) is 5.02 Å². The van der Waals surface area contributed by atoms with Crippen molar-refractivity contribution in [1.29, 1.82) is 0 Å². The fourth-order valence-electron chi connectivity index (χ4n) is 2.21. The fraction of sp³-hybridized carbons (Fsp3) is 0.211. The highest BCUT2D eigenvalue weighted by atomic mass is 35.5. The molecule has 7 nitrogen and oxygen atoms in total. The zero-order chi connectivity index (χ0) is 19.6. The second kappa shape index (κ2) is 10.2. The second-order valence-electron chi connectivity index (χ2n) is 5.42. The number of amides is 3. The van der Waals surface area contributed by atoms with Crippen molar-refractivity contribution in [1.82, 2.24) is 5.32 Å². The Hall–Kier alpha value is -3.06. The highest BCUT2D eigenvalue weighted by molar-refractivity contribution is 6.34. The van der Waals surface area contributed by atoms with E-state index in [-0.39, 0.29) is 18.9 Å². The zero-order valence-electron chi connectivity index (χ0n) is 14.8. The largest absolute Gasteiger partial charge is 0.466 e. The maximum absolute atomic E-state index is 12.4. The molecule has 0 saturated heterocycles. The lowest BCUT2D eigenvalue weighted by atomic mass is 10.2. The van der Waals surface area contributed by atoms with E-state index in [1.54, 1.807) is 55.5 Å². The lowest BCUT2D eigenvalue weighted by Crippen LogP contribution is -2.31. The minimum absolute atomic E-state index is 0.0755. The number of hydrogen-bond donors (Lipinski definition) is 3. The van der Waals surface area contributed by atoms with Gasteiger partial charge in [0.1, 0.15) is 0 Å². The Morgan fingerprint density at radius 3 is 2.26 bits per heavy atom. The Morgan fingerprint density at radius 2 is 1.59 bits per heavy atom. The number of rotatable bonds is 7. The molecule has 2 aromatic carbocycles. The normalized spacial score (nSPS) is 10.0. The Morgan fingerprint density at radius 1 is 0.963 bits per heavy atom. The molecule has 0 heterocycles. The summed E-state index contributed by atoms with van der Waals surface area (Å²) in [5, 5.41) is 8.25. The van der Waals surface area contributed by atoms with E-state index in [0.717, 1.165) is 0 Å². The van der Waals surface area contributed by atoms with Crippen LogP contribution in [0.4, 0.5) is 16.2 Å². The molecule has 0 saturated carbocycles. The second-order valence-corrected chi connectivity index (χ2v) is 5.82. The first-order valence-electron chi connectivity index (χ1n) is 8.36. The van der Waals surface area contributed by atoms with Gasteiger partial charge in [0.05, 0.1) is 35.0 Å². The number of carbonyl (C=O) groups excluding carboxylic acids is 3. The third-order valence-electron chi connectivity index (χ3n) is 3.46. The molecule has 3 N–H and O–H groups in total. The summed E-state index contributed by atoms with van der Waals surface area (Å²) < 4.78 is 4.79. The van der Waals surface area contributed by atoms with Crippen LogP contribution in [0.5, 0.6) is 0 Å². The van der Waals surface area contributed by atoms with Gasteiger partial charge in [0.2, 0.25) is 0 Å². The number of nitrogens with one attached hydrogen (secondary N) is 3. The van der Waals surface area contributed by atoms with Gasteiger partial charge in [-0.2, -0.15) is 0 Å². The molecular weight excluding hydrogens is 370 g/mol. The number of ether oxygens (including phenoxy) is 1. The minimum Gasteiger partial charge on any atom is -0.466 e. The van der Waals surface area contributed by atoms with E-state index in [9.17, 15) is 14.4 Å². The smallest absolute Gasteiger partial charge is 0.319 e. The maximum atomic E-state index is 12.4. The summed E-state index contributed by atoms with van der Waals surface area (Å²) in [6, 6.07) is 12.9. The third kappa shape index (κ3) is 6.31. The summed E-state index contributed by atoms with van der Waals surface area (Å²) in [5.41, 5.74) is 1.15. The summed E-state index contributed by atoms with van der Waals surface area (Å²) >= 11 is 6.04. The van der Waals surface area contributed by atoms with Crippen LogP contribution >= 0.6 is 11.6 Å². The van der Waals surface area contributed by atoms with E-state index < -0.39 is 11.9 Å². The van der Waals surface area contributed by atoms with E-state index in [4.69, 9.17) is 16.3 Å². The van der Waals surface area contributed by atoms with E-state index in [2.05, 4.69) is 16.0 Å². The van der Waals surface area contributed by atoms with E-state index in [0.29, 0.717) is 28.6 Å². The van der Waals surface area contributed by atoms with Gasteiger partial charge >= 0.3 is 12.0 Å². The van der Waals surface area contributed by atoms with Gasteiger partial charge in [0.25, 0.3) is 5.91 Å². The number of hydrogen-bond acceptors (Lipinski definition) is 4. The SMILES string of the molecule is CCOC(=O)CCNC(=O)Nc1ccccc1NC(=O)c1ccccc1Cl. The van der Waals surface area contributed by atoms with Crippen molar-refractivity contribution >= 4 is 40.9 Å². The molecule has 0 radical (unpaired) electrons. The monoisotopic (exact) mass is 389 g/mol. The molecule has 0 bridgehead atoms. The molecule has 0 aromatic heterocycles. The lowest BCUT2D eigenvalue weighted by molar-refractivity contribution is -0.142. The van der Waals surface area contributed by atoms with Crippen LogP contribution in [0.3, 0.4) is 0 Å². The molecular formula is C19H20ClN3O4. The maximum Gasteiger partial charge on any atom is 0.319 e. The van der Waals surface area contributed by atoms with E-state index in [1.165, 1.54) is 0 Å². The van der Waals surface area contributed by atoms with Crippen molar-refractivity contribution in [2.45, 2.75) is 13.3 Å². The van der Waals surface area contributed by atoms with Crippen LogP contribution < -0.4 is 16.0 Å². The highest BCUT2D eigenvalue weighted by Crippen LogP contribution is 2.23. The number of urea groups is 1. The molecule has 0 spiro atoms. The Balaban J connectivity index is 1.97. The fourth-order valence-corrected chi connectivity index (χ4v) is 2.44. The molecule has 142 valence electrons. The summed E-state index contributed by atoms with van der Waals surface area (Å²) in [7, 11) is 0. The van der Waals surface area contributed by atoms with Gasteiger partial charge in [0, 0.05) is 6.54 Å². The molecule has 2 aromatic rings. The summed E-state index contributed by atoms with van der Waals surface area (Å²) in [6.07, 6.45) is 0.0755. The van der Waals surface area contributed by atoms with Crippen molar-refractivity contribution in [2.24, 2.45) is 0 Å². The minimum atomic E-state index is -0.501. The molecule has 0 aliphatic carbocycles. The van der Waals surface area contributed by atoms with E-state index in [1.807, 2.05) is 0 Å². The van der Waals surface area contributed by atoms with E-state index >= 15 is 0 Å². The topological polar surface area (TPSA) is 96.5 Å². The van der Waals surface area contributed by atoms with Gasteiger partial charge in [-0.3, -0.25) is 9.59 Å². The van der Waals surface area contributed by atoms with Crippen molar-refractivity contribution in [2.75, 3.05) is 23.8 Å².